The van der Waals surface area contributed by atoms with Crippen molar-refractivity contribution in [3.63, 3.8) is 0 Å². The Morgan fingerprint density at radius 1 is 0.944 bits per heavy atom. The Balaban J connectivity index is 4.24. The minimum absolute atomic E-state index is 0.0774. The third-order valence-corrected chi connectivity index (χ3v) is 1.80. The molecule has 0 atom stereocenters. The molecule has 0 aromatic heterocycles. The van der Waals surface area contributed by atoms with Crippen molar-refractivity contribution in [3.05, 3.63) is 0 Å². The number of amides is 1. The van der Waals surface area contributed by atoms with Crippen LogP contribution in [0.1, 0.15) is 13.8 Å². The van der Waals surface area contributed by atoms with Crippen LogP contribution in [0.3, 0.4) is 0 Å². The molecule has 0 aliphatic heterocycles. The van der Waals surface area contributed by atoms with Crippen LogP contribution in [0, 0.1) is 0 Å². The van der Waals surface area contributed by atoms with Gasteiger partial charge >= 0.3 is 23.8 Å². The molecule has 0 unspecified atom stereocenters. The monoisotopic (exact) mass is 261 g/mol. The fourth-order valence-electron chi connectivity index (χ4n) is 1.05. The van der Waals surface area contributed by atoms with E-state index in [0.717, 1.165) is 4.90 Å². The number of carboxylic acid groups (broad SMARTS) is 1. The molecule has 8 nitrogen and oxygen atoms in total. The fourth-order valence-corrected chi connectivity index (χ4v) is 1.05. The van der Waals surface area contributed by atoms with E-state index in [0.29, 0.717) is 0 Å². The lowest BCUT2D eigenvalue weighted by atomic mass is 10.4. The highest BCUT2D eigenvalue weighted by atomic mass is 16.5. The van der Waals surface area contributed by atoms with Crippen LogP contribution in [0.5, 0.6) is 0 Å². The summed E-state index contributed by atoms with van der Waals surface area (Å²) in [5.74, 6) is -3.83. The van der Waals surface area contributed by atoms with Gasteiger partial charge < -0.3 is 19.5 Å². The maximum Gasteiger partial charge on any atom is 0.394 e. The Labute approximate surface area is 103 Å². The van der Waals surface area contributed by atoms with Gasteiger partial charge in [-0.25, -0.2) is 4.79 Å². The molecule has 0 saturated carbocycles. The average molecular weight is 261 g/mol. The maximum absolute atomic E-state index is 11.2. The van der Waals surface area contributed by atoms with Crippen molar-refractivity contribution in [2.24, 2.45) is 0 Å². The van der Waals surface area contributed by atoms with E-state index < -0.39 is 23.8 Å². The van der Waals surface area contributed by atoms with Gasteiger partial charge in [-0.1, -0.05) is 0 Å². The van der Waals surface area contributed by atoms with Crippen LogP contribution >= 0.6 is 0 Å². The molecule has 0 aromatic carbocycles. The molecular weight excluding hydrogens is 246 g/mol. The van der Waals surface area contributed by atoms with Crippen LogP contribution in [-0.4, -0.2) is 60.1 Å². The highest BCUT2D eigenvalue weighted by molar-refractivity contribution is 6.31. The molecule has 18 heavy (non-hydrogen) atoms. The van der Waals surface area contributed by atoms with Gasteiger partial charge in [-0.2, -0.15) is 0 Å². The molecule has 0 fully saturated rings. The molecular formula is C10H15NO7. The summed E-state index contributed by atoms with van der Waals surface area (Å²) in [4.78, 5) is 43.7. The number of esters is 2. The van der Waals surface area contributed by atoms with Gasteiger partial charge in [-0.05, 0) is 0 Å². The van der Waals surface area contributed by atoms with E-state index in [9.17, 15) is 19.2 Å². The minimum Gasteiger partial charge on any atom is -0.474 e. The zero-order valence-electron chi connectivity index (χ0n) is 10.2. The number of hydrogen-bond donors (Lipinski definition) is 1. The first kappa shape index (κ1) is 15.9. The van der Waals surface area contributed by atoms with E-state index in [2.05, 4.69) is 9.47 Å². The first-order valence-corrected chi connectivity index (χ1v) is 5.13. The summed E-state index contributed by atoms with van der Waals surface area (Å²) in [5, 5.41) is 8.56. The van der Waals surface area contributed by atoms with Gasteiger partial charge in [0, 0.05) is 13.8 Å². The van der Waals surface area contributed by atoms with Crippen molar-refractivity contribution in [1.29, 1.82) is 0 Å². The second-order valence-electron chi connectivity index (χ2n) is 3.28. The lowest BCUT2D eigenvalue weighted by Crippen LogP contribution is -2.41. The minimum atomic E-state index is -1.62. The molecule has 0 heterocycles. The molecule has 0 aromatic rings. The Morgan fingerprint density at radius 3 is 1.61 bits per heavy atom. The number of carboxylic acids is 1. The molecule has 0 spiro atoms. The first-order chi connectivity index (χ1) is 8.34. The number of nitrogens with zero attached hydrogens (tertiary/aromatic N) is 1. The number of carbonyl (C=O) groups is 4. The molecule has 1 amide bonds. The van der Waals surface area contributed by atoms with Crippen LogP contribution in [-0.2, 0) is 28.7 Å². The van der Waals surface area contributed by atoms with Crippen molar-refractivity contribution >= 4 is 23.8 Å². The van der Waals surface area contributed by atoms with Gasteiger partial charge in [0.1, 0.15) is 13.2 Å². The van der Waals surface area contributed by atoms with Crippen molar-refractivity contribution in [2.45, 2.75) is 13.8 Å². The number of carbonyl (C=O) groups excluding carboxylic acids is 3. The standard InChI is InChI=1S/C10H15NO7/c1-7(12)17-5-3-11(9(14)10(15)16)4-6-18-8(2)13/h3-6H2,1-2H3,(H,15,16). The summed E-state index contributed by atoms with van der Waals surface area (Å²) in [5.41, 5.74) is 0. The molecule has 8 heteroatoms. The average Bonchev–Trinajstić information content (AvgIpc) is 2.25. The number of aliphatic carboxylic acids is 1. The van der Waals surface area contributed by atoms with Crippen molar-refractivity contribution in [3.8, 4) is 0 Å². The third-order valence-electron chi connectivity index (χ3n) is 1.80. The Hall–Kier alpha value is -2.12. The number of ether oxygens (including phenoxy) is 2. The summed E-state index contributed by atoms with van der Waals surface area (Å²) >= 11 is 0. The summed E-state index contributed by atoms with van der Waals surface area (Å²) in [6.07, 6.45) is 0. The number of rotatable bonds is 6. The van der Waals surface area contributed by atoms with Gasteiger partial charge in [0.25, 0.3) is 0 Å². The van der Waals surface area contributed by atoms with E-state index in [1.165, 1.54) is 13.8 Å². The molecule has 0 aliphatic carbocycles. The van der Waals surface area contributed by atoms with Crippen LogP contribution in [0.15, 0.2) is 0 Å². The van der Waals surface area contributed by atoms with Gasteiger partial charge in [0.15, 0.2) is 0 Å². The largest absolute Gasteiger partial charge is 0.474 e. The number of hydrogen-bond acceptors (Lipinski definition) is 6. The van der Waals surface area contributed by atoms with Gasteiger partial charge in [0.05, 0.1) is 13.1 Å². The van der Waals surface area contributed by atoms with Crippen LogP contribution in [0.2, 0.25) is 0 Å². The van der Waals surface area contributed by atoms with E-state index in [4.69, 9.17) is 5.11 Å². The smallest absolute Gasteiger partial charge is 0.394 e. The summed E-state index contributed by atoms with van der Waals surface area (Å²) in [6.45, 7) is 2.01. The van der Waals surface area contributed by atoms with Crippen LogP contribution in [0.4, 0.5) is 0 Å². The van der Waals surface area contributed by atoms with E-state index >= 15 is 0 Å². The zero-order valence-corrected chi connectivity index (χ0v) is 10.2. The van der Waals surface area contributed by atoms with E-state index in [-0.39, 0.29) is 26.3 Å². The van der Waals surface area contributed by atoms with Gasteiger partial charge in [0.2, 0.25) is 0 Å². The topological polar surface area (TPSA) is 110 Å². The Morgan fingerprint density at radius 2 is 1.33 bits per heavy atom. The normalized spacial score (nSPS) is 9.44. The van der Waals surface area contributed by atoms with Crippen molar-refractivity contribution < 1.29 is 33.8 Å². The Bertz CT molecular complexity index is 319. The summed E-state index contributed by atoms with van der Waals surface area (Å²) < 4.78 is 9.19. The quantitative estimate of drug-likeness (QED) is 0.483. The van der Waals surface area contributed by atoms with Crippen LogP contribution < -0.4 is 0 Å². The molecule has 102 valence electrons. The molecule has 0 bridgehead atoms. The lowest BCUT2D eigenvalue weighted by molar-refractivity contribution is -0.157. The SMILES string of the molecule is CC(=O)OCCN(CCOC(C)=O)C(=O)C(=O)O. The molecule has 0 saturated heterocycles. The van der Waals surface area contributed by atoms with Gasteiger partial charge in [-0.15, -0.1) is 0 Å². The van der Waals surface area contributed by atoms with E-state index in [1.807, 2.05) is 0 Å². The third kappa shape index (κ3) is 7.20. The predicted octanol–water partition coefficient (Wildman–Crippen LogP) is -0.974. The lowest BCUT2D eigenvalue weighted by Gasteiger charge is -2.19. The fraction of sp³-hybridized carbons (Fsp3) is 0.600. The highest BCUT2D eigenvalue weighted by Gasteiger charge is 2.20. The summed E-state index contributed by atoms with van der Waals surface area (Å²) in [6, 6.07) is 0. The molecule has 0 radical (unpaired) electrons. The van der Waals surface area contributed by atoms with Crippen molar-refractivity contribution in [2.75, 3.05) is 26.3 Å². The molecule has 0 aliphatic rings. The van der Waals surface area contributed by atoms with Crippen molar-refractivity contribution in [1.82, 2.24) is 4.90 Å². The zero-order chi connectivity index (χ0) is 14.1. The second kappa shape index (κ2) is 8.04. The maximum atomic E-state index is 11.2. The molecule has 1 N–H and O–H groups in total. The second-order valence-corrected chi connectivity index (χ2v) is 3.28. The highest BCUT2D eigenvalue weighted by Crippen LogP contribution is 1.93. The summed E-state index contributed by atoms with van der Waals surface area (Å²) in [7, 11) is 0. The predicted molar refractivity (Wildman–Crippen MR) is 57.5 cm³/mol. The first-order valence-electron chi connectivity index (χ1n) is 5.13. The van der Waals surface area contributed by atoms with Crippen LogP contribution in [0.25, 0.3) is 0 Å². The van der Waals surface area contributed by atoms with Gasteiger partial charge in [-0.3, -0.25) is 14.4 Å². The molecule has 0 rings (SSSR count). The Kier molecular flexibility index (Phi) is 7.10. The van der Waals surface area contributed by atoms with E-state index in [1.54, 1.807) is 0 Å².